The van der Waals surface area contributed by atoms with Crippen LogP contribution < -0.4 is 15.2 Å². The second-order valence-electron chi connectivity index (χ2n) is 4.11. The van der Waals surface area contributed by atoms with E-state index in [9.17, 15) is 13.2 Å². The minimum absolute atomic E-state index is 0.0116. The molecule has 1 amide bonds. The zero-order valence-corrected chi connectivity index (χ0v) is 11.9. The van der Waals surface area contributed by atoms with Gasteiger partial charge in [-0.1, -0.05) is 12.1 Å². The number of methoxy groups -OCH3 is 1. The van der Waals surface area contributed by atoms with Gasteiger partial charge in [-0.05, 0) is 22.9 Å². The van der Waals surface area contributed by atoms with Crippen molar-refractivity contribution in [1.82, 2.24) is 10.5 Å². The van der Waals surface area contributed by atoms with Gasteiger partial charge in [0.2, 0.25) is 15.8 Å². The minimum Gasteiger partial charge on any atom is -0.479 e. The maximum Gasteiger partial charge on any atom is 0.290 e. The smallest absolute Gasteiger partial charge is 0.290 e. The number of carbonyl (C=O) groups is 1. The number of nitrogens with one attached hydrogen (secondary N) is 1. The molecule has 3 N–H and O–H groups in total. The molecule has 1 heterocycles. The molecule has 0 saturated heterocycles. The third-order valence-electron chi connectivity index (χ3n) is 2.63. The lowest BCUT2D eigenvalue weighted by atomic mass is 10.2. The van der Waals surface area contributed by atoms with Gasteiger partial charge in [0.05, 0.1) is 18.1 Å². The summed E-state index contributed by atoms with van der Waals surface area (Å²) in [7, 11) is -2.31. The van der Waals surface area contributed by atoms with Crippen LogP contribution >= 0.6 is 0 Å². The minimum atomic E-state index is -3.72. The van der Waals surface area contributed by atoms with E-state index >= 15 is 0 Å². The van der Waals surface area contributed by atoms with Crippen molar-refractivity contribution in [3.05, 3.63) is 41.7 Å². The number of amides is 1. The molecule has 0 spiro atoms. The normalized spacial score (nSPS) is 11.1. The zero-order chi connectivity index (χ0) is 15.5. The molecule has 9 heteroatoms. The Morgan fingerprint density at radius 3 is 2.57 bits per heavy atom. The first-order valence-corrected chi connectivity index (χ1v) is 7.35. The fraction of sp³-hybridized carbons (Fsp3) is 0.167. The number of carbonyl (C=O) groups excluding carboxylic acids is 1. The Bertz CT molecular complexity index is 737. The van der Waals surface area contributed by atoms with E-state index in [1.807, 2.05) is 0 Å². The monoisotopic (exact) mass is 311 g/mol. The van der Waals surface area contributed by atoms with Crippen LogP contribution in [0.25, 0.3) is 0 Å². The Morgan fingerprint density at radius 1 is 1.38 bits per heavy atom. The fourth-order valence-electron chi connectivity index (χ4n) is 1.53. The number of aromatic nitrogens is 1. The second-order valence-corrected chi connectivity index (χ2v) is 5.67. The van der Waals surface area contributed by atoms with Crippen molar-refractivity contribution in [2.45, 2.75) is 11.4 Å². The van der Waals surface area contributed by atoms with Gasteiger partial charge in [-0.3, -0.25) is 4.79 Å². The van der Waals surface area contributed by atoms with Gasteiger partial charge in [-0.15, -0.1) is 0 Å². The molecule has 0 radical (unpaired) electrons. The van der Waals surface area contributed by atoms with Crippen LogP contribution in [0, 0.1) is 0 Å². The first-order valence-electron chi connectivity index (χ1n) is 5.81. The summed E-state index contributed by atoms with van der Waals surface area (Å²) in [6.45, 7) is 0.201. The molecule has 0 bridgehead atoms. The molecule has 0 atom stereocenters. The highest BCUT2D eigenvalue weighted by atomic mass is 32.2. The Morgan fingerprint density at radius 2 is 2.05 bits per heavy atom. The number of nitrogens with zero attached hydrogens (tertiary/aromatic N) is 1. The van der Waals surface area contributed by atoms with Gasteiger partial charge < -0.3 is 14.6 Å². The van der Waals surface area contributed by atoms with Crippen LogP contribution in [0.15, 0.2) is 39.8 Å². The SMILES string of the molecule is COc1cc(C(=O)NCc2ccc(S(N)(=O)=O)cc2)on1. The van der Waals surface area contributed by atoms with E-state index in [2.05, 4.69) is 10.5 Å². The molecule has 21 heavy (non-hydrogen) atoms. The molecular formula is C12H13N3O5S. The molecule has 2 rings (SSSR count). The van der Waals surface area contributed by atoms with Crippen LogP contribution in [0.1, 0.15) is 16.1 Å². The number of benzene rings is 1. The van der Waals surface area contributed by atoms with Crippen LogP contribution in [0.3, 0.4) is 0 Å². The van der Waals surface area contributed by atoms with Crippen molar-refractivity contribution in [3.8, 4) is 5.88 Å². The van der Waals surface area contributed by atoms with Gasteiger partial charge in [0.1, 0.15) is 0 Å². The van der Waals surface area contributed by atoms with Crippen LogP contribution in [-0.2, 0) is 16.6 Å². The molecule has 1 aromatic carbocycles. The highest BCUT2D eigenvalue weighted by Crippen LogP contribution is 2.11. The van der Waals surface area contributed by atoms with Gasteiger partial charge >= 0.3 is 0 Å². The largest absolute Gasteiger partial charge is 0.479 e. The van der Waals surface area contributed by atoms with Gasteiger partial charge in [0, 0.05) is 6.54 Å². The predicted molar refractivity (Wildman–Crippen MR) is 72.0 cm³/mol. The van der Waals surface area contributed by atoms with Gasteiger partial charge in [-0.25, -0.2) is 13.6 Å². The van der Waals surface area contributed by atoms with Crippen molar-refractivity contribution in [1.29, 1.82) is 0 Å². The molecule has 112 valence electrons. The Hall–Kier alpha value is -2.39. The van der Waals surface area contributed by atoms with Gasteiger partial charge in [-0.2, -0.15) is 0 Å². The molecule has 0 saturated carbocycles. The van der Waals surface area contributed by atoms with Crippen molar-refractivity contribution in [2.75, 3.05) is 7.11 Å². The maximum atomic E-state index is 11.8. The topological polar surface area (TPSA) is 125 Å². The lowest BCUT2D eigenvalue weighted by Crippen LogP contribution is -2.22. The fourth-order valence-corrected chi connectivity index (χ4v) is 2.04. The van der Waals surface area contributed by atoms with Crippen molar-refractivity contribution < 1.29 is 22.5 Å². The first kappa shape index (κ1) is 15.0. The van der Waals surface area contributed by atoms with E-state index in [1.54, 1.807) is 12.1 Å². The van der Waals surface area contributed by atoms with E-state index in [0.29, 0.717) is 5.56 Å². The summed E-state index contributed by atoms with van der Waals surface area (Å²) in [5, 5.41) is 11.1. The molecule has 0 aliphatic rings. The molecule has 1 aromatic heterocycles. The molecule has 8 nitrogen and oxygen atoms in total. The summed E-state index contributed by atoms with van der Waals surface area (Å²) in [4.78, 5) is 11.8. The van der Waals surface area contributed by atoms with Crippen molar-refractivity contribution in [3.63, 3.8) is 0 Å². The van der Waals surface area contributed by atoms with Crippen LogP contribution in [0.4, 0.5) is 0 Å². The summed E-state index contributed by atoms with van der Waals surface area (Å²) >= 11 is 0. The first-order chi connectivity index (χ1) is 9.90. The Balaban J connectivity index is 1.98. The summed E-state index contributed by atoms with van der Waals surface area (Å²) < 4.78 is 31.8. The van der Waals surface area contributed by atoms with E-state index < -0.39 is 15.9 Å². The van der Waals surface area contributed by atoms with Gasteiger partial charge in [0.25, 0.3) is 11.8 Å². The van der Waals surface area contributed by atoms with Crippen LogP contribution in [-0.4, -0.2) is 26.6 Å². The quantitative estimate of drug-likeness (QED) is 0.816. The van der Waals surface area contributed by atoms with Crippen molar-refractivity contribution in [2.24, 2.45) is 5.14 Å². The molecule has 0 aliphatic carbocycles. The Kier molecular flexibility index (Phi) is 4.24. The molecule has 0 fully saturated rings. The van der Waals surface area contributed by atoms with Gasteiger partial charge in [0.15, 0.2) is 0 Å². The summed E-state index contributed by atoms with van der Waals surface area (Å²) in [5.41, 5.74) is 0.710. The number of hydrogen-bond acceptors (Lipinski definition) is 6. The van der Waals surface area contributed by atoms with E-state index in [1.165, 1.54) is 25.3 Å². The second kappa shape index (κ2) is 5.94. The molecule has 0 aliphatic heterocycles. The third-order valence-corrected chi connectivity index (χ3v) is 3.56. The summed E-state index contributed by atoms with van der Waals surface area (Å²) in [6.07, 6.45) is 0. The summed E-state index contributed by atoms with van der Waals surface area (Å²) in [6, 6.07) is 7.21. The highest BCUT2D eigenvalue weighted by molar-refractivity contribution is 7.89. The lowest BCUT2D eigenvalue weighted by molar-refractivity contribution is 0.0913. The van der Waals surface area contributed by atoms with Crippen molar-refractivity contribution >= 4 is 15.9 Å². The van der Waals surface area contributed by atoms with E-state index in [0.717, 1.165) is 0 Å². The molecular weight excluding hydrogens is 298 g/mol. The number of hydrogen-bond donors (Lipinski definition) is 2. The average Bonchev–Trinajstić information content (AvgIpc) is 2.93. The molecule has 0 unspecified atom stereocenters. The number of ether oxygens (including phenoxy) is 1. The number of primary sulfonamides is 1. The maximum absolute atomic E-state index is 11.8. The lowest BCUT2D eigenvalue weighted by Gasteiger charge is -2.04. The number of rotatable bonds is 5. The standard InChI is InChI=1S/C12H13N3O5S/c1-19-11-6-10(20-15-11)12(16)14-7-8-2-4-9(5-3-8)21(13,17)18/h2-6H,7H2,1H3,(H,14,16)(H2,13,17,18). The third kappa shape index (κ3) is 3.80. The van der Waals surface area contributed by atoms with Crippen LogP contribution in [0.5, 0.6) is 5.88 Å². The Labute approximate surface area is 120 Å². The molecule has 2 aromatic rings. The zero-order valence-electron chi connectivity index (χ0n) is 11.1. The predicted octanol–water partition coefficient (Wildman–Crippen LogP) is 0.261. The van der Waals surface area contributed by atoms with E-state index in [4.69, 9.17) is 14.4 Å². The number of nitrogens with two attached hydrogens (primary N) is 1. The number of sulfonamides is 1. The van der Waals surface area contributed by atoms with E-state index in [-0.39, 0.29) is 23.1 Å². The summed E-state index contributed by atoms with van der Waals surface area (Å²) in [5.74, 6) is -0.230. The average molecular weight is 311 g/mol. The highest BCUT2D eigenvalue weighted by Gasteiger charge is 2.13. The van der Waals surface area contributed by atoms with Crippen LogP contribution in [0.2, 0.25) is 0 Å².